The van der Waals surface area contributed by atoms with E-state index in [1.165, 1.54) is 5.56 Å². The van der Waals surface area contributed by atoms with Crippen molar-refractivity contribution < 1.29 is 14.4 Å². The fraction of sp³-hybridized carbons (Fsp3) is 0.591. The number of fused-ring (bicyclic) bond motifs is 1. The Balaban J connectivity index is 1.77. The molecule has 1 aromatic heterocycles. The quantitative estimate of drug-likeness (QED) is 0.517. The van der Waals surface area contributed by atoms with Gasteiger partial charge < -0.3 is 20.4 Å². The van der Waals surface area contributed by atoms with Crippen LogP contribution >= 0.6 is 0 Å². The molecule has 0 bridgehead atoms. The molecule has 9 nitrogen and oxygen atoms in total. The maximum atomic E-state index is 12.7. The Morgan fingerprint density at radius 2 is 1.94 bits per heavy atom. The van der Waals surface area contributed by atoms with Crippen molar-refractivity contribution in [3.63, 3.8) is 0 Å². The van der Waals surface area contributed by atoms with E-state index in [9.17, 15) is 14.4 Å². The average Bonchev–Trinajstić information content (AvgIpc) is 2.75. The van der Waals surface area contributed by atoms with Crippen LogP contribution in [0.2, 0.25) is 0 Å². The van der Waals surface area contributed by atoms with Crippen LogP contribution in [0.3, 0.4) is 0 Å². The van der Waals surface area contributed by atoms with Crippen LogP contribution in [0, 0.1) is 19.3 Å². The number of hydrogen-bond acceptors (Lipinski definition) is 6. The van der Waals surface area contributed by atoms with Gasteiger partial charge in [-0.1, -0.05) is 5.92 Å². The molecule has 1 aromatic rings. The maximum absolute atomic E-state index is 12.7. The fourth-order valence-corrected chi connectivity index (χ4v) is 4.00. The van der Waals surface area contributed by atoms with Gasteiger partial charge in [-0.15, -0.1) is 6.42 Å². The molecule has 0 aromatic carbocycles. The van der Waals surface area contributed by atoms with Gasteiger partial charge in [0.2, 0.25) is 17.7 Å². The topological polar surface area (TPSA) is 108 Å². The lowest BCUT2D eigenvalue weighted by Crippen LogP contribution is -2.46. The second-order valence-electron chi connectivity index (χ2n) is 7.85. The van der Waals surface area contributed by atoms with E-state index in [4.69, 9.17) is 11.4 Å². The van der Waals surface area contributed by atoms with Crippen molar-refractivity contribution >= 4 is 23.5 Å². The predicted molar refractivity (Wildman–Crippen MR) is 116 cm³/mol. The summed E-state index contributed by atoms with van der Waals surface area (Å²) in [5.41, 5.74) is 2.28. The number of terminal acetylenes is 1. The van der Waals surface area contributed by atoms with E-state index in [2.05, 4.69) is 26.4 Å². The van der Waals surface area contributed by atoms with E-state index in [0.29, 0.717) is 26.2 Å². The lowest BCUT2D eigenvalue weighted by Gasteiger charge is -2.32. The molecule has 0 unspecified atom stereocenters. The summed E-state index contributed by atoms with van der Waals surface area (Å²) in [6, 6.07) is 0. The number of aryl methyl sites for hydroxylation is 2. The molecule has 3 rings (SSSR count). The summed E-state index contributed by atoms with van der Waals surface area (Å²) >= 11 is 0. The minimum atomic E-state index is -0.415. The molecule has 1 aliphatic carbocycles. The van der Waals surface area contributed by atoms with E-state index >= 15 is 0 Å². The van der Waals surface area contributed by atoms with Crippen LogP contribution in [-0.4, -0.2) is 71.9 Å². The lowest BCUT2D eigenvalue weighted by molar-refractivity contribution is -0.136. The summed E-state index contributed by atoms with van der Waals surface area (Å²) in [4.78, 5) is 49.9. The highest BCUT2D eigenvalue weighted by atomic mass is 16.2. The first kappa shape index (κ1) is 22.5. The van der Waals surface area contributed by atoms with Gasteiger partial charge in [0.25, 0.3) is 0 Å². The van der Waals surface area contributed by atoms with Crippen molar-refractivity contribution in [2.24, 2.45) is 0 Å². The van der Waals surface area contributed by atoms with Gasteiger partial charge in [-0.2, -0.15) is 0 Å². The van der Waals surface area contributed by atoms with Crippen molar-refractivity contribution in [3.8, 4) is 12.3 Å². The Morgan fingerprint density at radius 1 is 1.13 bits per heavy atom. The van der Waals surface area contributed by atoms with Gasteiger partial charge in [0.1, 0.15) is 18.1 Å². The minimum Gasteiger partial charge on any atom is -0.354 e. The van der Waals surface area contributed by atoms with Crippen molar-refractivity contribution in [3.05, 3.63) is 17.1 Å². The number of anilines is 1. The van der Waals surface area contributed by atoms with Crippen molar-refractivity contribution in [2.45, 2.75) is 45.4 Å². The number of nitrogens with one attached hydrogen (secondary N) is 2. The zero-order chi connectivity index (χ0) is 22.2. The number of nitrogens with zero attached hydrogens (tertiary/aromatic N) is 4. The molecule has 0 saturated carbocycles. The fourth-order valence-electron chi connectivity index (χ4n) is 4.00. The molecule has 31 heavy (non-hydrogen) atoms. The number of carbonyl (C=O) groups excluding carboxylic acids is 3. The first-order valence-corrected chi connectivity index (χ1v) is 10.8. The van der Waals surface area contributed by atoms with Gasteiger partial charge in [0.05, 0.1) is 6.54 Å². The summed E-state index contributed by atoms with van der Waals surface area (Å²) in [7, 11) is 0. The Bertz CT molecular complexity index is 879. The molecule has 2 aliphatic rings. The van der Waals surface area contributed by atoms with Crippen LogP contribution in [0.5, 0.6) is 0 Å². The Labute approximate surface area is 183 Å². The molecular formula is C22H30N6O3. The van der Waals surface area contributed by atoms with E-state index < -0.39 is 5.91 Å². The predicted octanol–water partition coefficient (Wildman–Crippen LogP) is -0.0418. The maximum Gasteiger partial charge on any atom is 0.232 e. The molecule has 2 heterocycles. The summed E-state index contributed by atoms with van der Waals surface area (Å²) in [6.07, 6.45) is 9.19. The molecule has 1 saturated heterocycles. The van der Waals surface area contributed by atoms with Crippen molar-refractivity contribution in [2.75, 3.05) is 44.2 Å². The highest BCUT2D eigenvalue weighted by Gasteiger charge is 2.24. The summed E-state index contributed by atoms with van der Waals surface area (Å²) in [5, 5.41) is 5.42. The molecular weight excluding hydrogens is 396 g/mol. The van der Waals surface area contributed by atoms with Crippen LogP contribution in [-0.2, 0) is 27.2 Å². The molecule has 9 heteroatoms. The number of hydrogen-bond donors (Lipinski definition) is 2. The van der Waals surface area contributed by atoms with E-state index in [0.717, 1.165) is 43.0 Å². The average molecular weight is 427 g/mol. The smallest absolute Gasteiger partial charge is 0.232 e. The van der Waals surface area contributed by atoms with Gasteiger partial charge >= 0.3 is 0 Å². The monoisotopic (exact) mass is 426 g/mol. The highest BCUT2D eigenvalue weighted by molar-refractivity contribution is 5.97. The molecule has 166 valence electrons. The zero-order valence-electron chi connectivity index (χ0n) is 18.1. The van der Waals surface area contributed by atoms with Crippen molar-refractivity contribution in [1.82, 2.24) is 25.5 Å². The van der Waals surface area contributed by atoms with Gasteiger partial charge in [-0.25, -0.2) is 9.97 Å². The Kier molecular flexibility index (Phi) is 7.82. The Hall–Kier alpha value is -3.15. The third-order valence-electron chi connectivity index (χ3n) is 5.58. The number of amides is 3. The van der Waals surface area contributed by atoms with Crippen LogP contribution in [0.15, 0.2) is 0 Å². The van der Waals surface area contributed by atoms with Crippen LogP contribution < -0.4 is 15.5 Å². The van der Waals surface area contributed by atoms with E-state index in [1.54, 1.807) is 4.90 Å². The normalized spacial score (nSPS) is 17.2. The third-order valence-corrected chi connectivity index (χ3v) is 5.58. The number of carbonyl (C=O) groups is 3. The summed E-state index contributed by atoms with van der Waals surface area (Å²) < 4.78 is 0. The summed E-state index contributed by atoms with van der Waals surface area (Å²) in [5.74, 6) is 3.10. The largest absolute Gasteiger partial charge is 0.354 e. The minimum absolute atomic E-state index is 0.0838. The van der Waals surface area contributed by atoms with E-state index in [1.807, 2.05) is 6.92 Å². The summed E-state index contributed by atoms with van der Waals surface area (Å²) in [6.45, 7) is 4.33. The third kappa shape index (κ3) is 6.17. The van der Waals surface area contributed by atoms with Gasteiger partial charge in [-0.3, -0.25) is 14.4 Å². The molecule has 3 amide bonds. The first-order chi connectivity index (χ1) is 15.0. The van der Waals surface area contributed by atoms with Crippen LogP contribution in [0.25, 0.3) is 0 Å². The molecule has 2 N–H and O–H groups in total. The van der Waals surface area contributed by atoms with Crippen LogP contribution in [0.4, 0.5) is 5.82 Å². The number of rotatable bonds is 4. The molecule has 0 radical (unpaired) electrons. The second-order valence-corrected chi connectivity index (χ2v) is 7.85. The Morgan fingerprint density at radius 3 is 2.74 bits per heavy atom. The molecule has 0 spiro atoms. The molecule has 0 atom stereocenters. The number of aromatic nitrogens is 2. The van der Waals surface area contributed by atoms with Gasteiger partial charge in [-0.05, 0) is 32.6 Å². The van der Waals surface area contributed by atoms with Gasteiger partial charge in [0, 0.05) is 50.4 Å². The SMILES string of the molecule is C#CCNC(=O)CC(=O)N1CCC(=O)NCCN(c2nc(C)nc3c2CCCC3)CC1. The standard InChI is InChI=1S/C22H30N6O3/c1-3-9-23-20(30)15-21(31)27-11-8-19(29)24-10-12-28(14-13-27)22-17-6-4-5-7-18(17)25-16(2)26-22/h1H,4-15H2,2H3,(H,23,30)(H,24,29). The van der Waals surface area contributed by atoms with Crippen LogP contribution in [0.1, 0.15) is 42.8 Å². The zero-order valence-corrected chi connectivity index (χ0v) is 18.1. The highest BCUT2D eigenvalue weighted by Crippen LogP contribution is 2.28. The first-order valence-electron chi connectivity index (χ1n) is 10.8. The lowest BCUT2D eigenvalue weighted by atomic mass is 9.96. The van der Waals surface area contributed by atoms with Crippen molar-refractivity contribution in [1.29, 1.82) is 0 Å². The second kappa shape index (κ2) is 10.8. The molecule has 1 aliphatic heterocycles. The van der Waals surface area contributed by atoms with E-state index in [-0.39, 0.29) is 37.7 Å². The van der Waals surface area contributed by atoms with Gasteiger partial charge in [0.15, 0.2) is 0 Å². The molecule has 1 fully saturated rings.